The summed E-state index contributed by atoms with van der Waals surface area (Å²) in [6, 6.07) is 6.68. The Morgan fingerprint density at radius 2 is 1.72 bits per heavy atom. The summed E-state index contributed by atoms with van der Waals surface area (Å²) in [5, 5.41) is 3.65. The van der Waals surface area contributed by atoms with Crippen LogP contribution >= 0.6 is 0 Å². The van der Waals surface area contributed by atoms with Gasteiger partial charge in [0.1, 0.15) is 5.67 Å². The van der Waals surface area contributed by atoms with Crippen molar-refractivity contribution in [2.24, 2.45) is 10.8 Å². The smallest absolute Gasteiger partial charge is 0.370 e. The van der Waals surface area contributed by atoms with Crippen molar-refractivity contribution in [3.8, 4) is 11.4 Å². The third-order valence-corrected chi connectivity index (χ3v) is 9.65. The van der Waals surface area contributed by atoms with E-state index in [4.69, 9.17) is 4.74 Å². The molecule has 0 N–H and O–H groups in total. The molecule has 4 heterocycles. The molecule has 14 heteroatoms. The molecule has 2 aromatic heterocycles. The van der Waals surface area contributed by atoms with E-state index >= 15 is 0 Å². The number of benzene rings is 1. The molecule has 1 aromatic carbocycles. The van der Waals surface area contributed by atoms with Gasteiger partial charge in [-0.25, -0.2) is 14.4 Å². The lowest BCUT2D eigenvalue weighted by atomic mass is 9.41. The number of halogens is 6. The molecule has 9 rings (SSSR count). The van der Waals surface area contributed by atoms with Crippen molar-refractivity contribution in [1.82, 2.24) is 20.1 Å². The molecule has 43 heavy (non-hydrogen) atoms. The summed E-state index contributed by atoms with van der Waals surface area (Å²) in [7, 11) is 0. The number of hydrogen-bond donors (Lipinski definition) is 0. The SMILES string of the molecule is O=C(CC12CC(F)(C1)C2)N(CC12CCC(c3cnc(C(F)(F)F)nc3)(CC1)OC2)c1cccc(-c2noc(C(F)F)n2)c1. The van der Waals surface area contributed by atoms with E-state index in [9.17, 15) is 31.1 Å². The quantitative estimate of drug-likeness (QED) is 0.267. The van der Waals surface area contributed by atoms with Gasteiger partial charge in [0, 0.05) is 47.6 Å². The Morgan fingerprint density at radius 1 is 1.02 bits per heavy atom. The Labute approximate surface area is 241 Å². The van der Waals surface area contributed by atoms with Crippen LogP contribution in [0.25, 0.3) is 11.4 Å². The summed E-state index contributed by atoms with van der Waals surface area (Å²) >= 11 is 0. The third-order valence-electron chi connectivity index (χ3n) is 9.65. The van der Waals surface area contributed by atoms with Crippen LogP contribution in [0.4, 0.5) is 32.0 Å². The van der Waals surface area contributed by atoms with Gasteiger partial charge in [-0.05, 0) is 62.5 Å². The first-order valence-electron chi connectivity index (χ1n) is 14.1. The monoisotopic (exact) mass is 607 g/mol. The summed E-state index contributed by atoms with van der Waals surface area (Å²) in [6.07, 6.45) is -1.63. The van der Waals surface area contributed by atoms with Crippen molar-refractivity contribution in [2.75, 3.05) is 18.1 Å². The highest BCUT2D eigenvalue weighted by Gasteiger charge is 2.69. The van der Waals surface area contributed by atoms with E-state index in [0.717, 1.165) is 0 Å². The van der Waals surface area contributed by atoms with Crippen LogP contribution in [0.2, 0.25) is 0 Å². The zero-order valence-electron chi connectivity index (χ0n) is 22.8. The number of amides is 1. The Kier molecular flexibility index (Phi) is 6.22. The second-order valence-corrected chi connectivity index (χ2v) is 12.7. The fourth-order valence-electron chi connectivity index (χ4n) is 7.43. The topological polar surface area (TPSA) is 94.2 Å². The molecular formula is C29H27F6N5O3. The molecule has 1 amide bonds. The molecule has 4 aliphatic carbocycles. The standard InChI is InChI=1S/C29H27F6N5O3/c30-21(31)23-38-22(39-43-23)17-2-1-3-19(8-17)40(20(41)9-26-12-27(32,13-26)14-26)15-25-4-6-28(7-5-25,42-16-25)18-10-36-24(37-11-18)29(33,34)35/h1-3,8,10-11,21H,4-7,9,12-16H2. The zero-order valence-corrected chi connectivity index (χ0v) is 22.8. The maximum atomic E-state index is 14.3. The highest BCUT2D eigenvalue weighted by atomic mass is 19.4. The van der Waals surface area contributed by atoms with Gasteiger partial charge in [-0.2, -0.15) is 26.9 Å². The summed E-state index contributed by atoms with van der Waals surface area (Å²) in [6.45, 7) is 0.555. The average molecular weight is 608 g/mol. The van der Waals surface area contributed by atoms with Crippen LogP contribution in [-0.2, 0) is 21.3 Å². The largest absolute Gasteiger partial charge is 0.451 e. The molecule has 8 nitrogen and oxygen atoms in total. The van der Waals surface area contributed by atoms with Crippen LogP contribution in [0.1, 0.15) is 75.1 Å². The lowest BCUT2D eigenvalue weighted by molar-refractivity contribution is -0.215. The van der Waals surface area contributed by atoms with Crippen LogP contribution < -0.4 is 4.90 Å². The van der Waals surface area contributed by atoms with Crippen molar-refractivity contribution in [1.29, 1.82) is 0 Å². The molecule has 2 saturated heterocycles. The van der Waals surface area contributed by atoms with E-state index < -0.39 is 41.0 Å². The minimum Gasteiger partial charge on any atom is -0.370 e. The average Bonchev–Trinajstić information content (AvgIpc) is 3.46. The molecule has 0 atom stereocenters. The molecule has 4 bridgehead atoms. The van der Waals surface area contributed by atoms with Gasteiger partial charge in [-0.15, -0.1) is 0 Å². The lowest BCUT2D eigenvalue weighted by Gasteiger charge is -2.66. The normalized spacial score (nSPS) is 31.0. The molecule has 4 saturated carbocycles. The van der Waals surface area contributed by atoms with Crippen LogP contribution in [-0.4, -0.2) is 44.8 Å². The van der Waals surface area contributed by atoms with Crippen molar-refractivity contribution in [3.05, 3.63) is 53.9 Å². The minimum absolute atomic E-state index is 0.0382. The van der Waals surface area contributed by atoms with Crippen LogP contribution in [0, 0.1) is 10.8 Å². The summed E-state index contributed by atoms with van der Waals surface area (Å²) < 4.78 is 90.3. The third kappa shape index (κ3) is 4.87. The number of alkyl halides is 6. The van der Waals surface area contributed by atoms with Crippen LogP contribution in [0.3, 0.4) is 0 Å². The van der Waals surface area contributed by atoms with Crippen LogP contribution in [0.15, 0.2) is 41.2 Å². The minimum atomic E-state index is -4.64. The Hall–Kier alpha value is -3.55. The highest BCUT2D eigenvalue weighted by molar-refractivity contribution is 5.94. The number of hydrogen-bond acceptors (Lipinski definition) is 7. The van der Waals surface area contributed by atoms with Gasteiger partial charge in [0.25, 0.3) is 5.89 Å². The predicted octanol–water partition coefficient (Wildman–Crippen LogP) is 6.58. The Bertz CT molecular complexity index is 1510. The van der Waals surface area contributed by atoms with Crippen molar-refractivity contribution in [2.45, 2.75) is 75.2 Å². The fourth-order valence-corrected chi connectivity index (χ4v) is 7.43. The molecular weight excluding hydrogens is 580 g/mol. The number of ether oxygens (including phenoxy) is 1. The molecule has 3 aromatic rings. The fraction of sp³-hybridized carbons (Fsp3) is 0.552. The number of aromatic nitrogens is 4. The molecule has 0 unspecified atom stereocenters. The Balaban J connectivity index is 1.13. The lowest BCUT2D eigenvalue weighted by Crippen LogP contribution is -2.65. The van der Waals surface area contributed by atoms with Crippen molar-refractivity contribution >= 4 is 11.6 Å². The maximum Gasteiger partial charge on any atom is 0.451 e. The zero-order chi connectivity index (χ0) is 30.3. The van der Waals surface area contributed by atoms with Gasteiger partial charge in [-0.1, -0.05) is 17.3 Å². The van der Waals surface area contributed by atoms with E-state index in [1.807, 2.05) is 0 Å². The molecule has 6 fully saturated rings. The number of anilines is 1. The van der Waals surface area contributed by atoms with Gasteiger partial charge >= 0.3 is 12.6 Å². The van der Waals surface area contributed by atoms with Gasteiger partial charge in [-0.3, -0.25) is 4.79 Å². The first-order chi connectivity index (χ1) is 20.3. The number of carbonyl (C=O) groups excluding carboxylic acids is 1. The van der Waals surface area contributed by atoms with Gasteiger partial charge in [0.15, 0.2) is 0 Å². The Morgan fingerprint density at radius 3 is 2.28 bits per heavy atom. The number of rotatable bonds is 8. The van der Waals surface area contributed by atoms with E-state index in [0.29, 0.717) is 68.3 Å². The first kappa shape index (κ1) is 28.2. The number of carbonyl (C=O) groups is 1. The van der Waals surface area contributed by atoms with Crippen LogP contribution in [0.5, 0.6) is 0 Å². The summed E-state index contributed by atoms with van der Waals surface area (Å²) in [5.41, 5.74) is -1.34. The number of nitrogens with zero attached hydrogens (tertiary/aromatic N) is 5. The highest BCUT2D eigenvalue weighted by Crippen LogP contribution is 2.71. The van der Waals surface area contributed by atoms with Gasteiger partial charge < -0.3 is 14.2 Å². The van der Waals surface area contributed by atoms with Gasteiger partial charge in [0.2, 0.25) is 17.6 Å². The molecule has 228 valence electrons. The molecule has 6 aliphatic rings. The second kappa shape index (κ2) is 9.47. The van der Waals surface area contributed by atoms with E-state index in [1.165, 1.54) is 12.4 Å². The second-order valence-electron chi connectivity index (χ2n) is 12.7. The molecule has 0 spiro atoms. The van der Waals surface area contributed by atoms with Crippen molar-refractivity contribution in [3.63, 3.8) is 0 Å². The number of fused-ring (bicyclic) bond motifs is 3. The van der Waals surface area contributed by atoms with E-state index in [1.54, 1.807) is 29.2 Å². The summed E-state index contributed by atoms with van der Waals surface area (Å²) in [4.78, 5) is 26.3. The van der Waals surface area contributed by atoms with Crippen molar-refractivity contribution < 1.29 is 40.4 Å². The molecule has 0 radical (unpaired) electrons. The van der Waals surface area contributed by atoms with E-state index in [2.05, 4.69) is 24.6 Å². The predicted molar refractivity (Wildman–Crippen MR) is 137 cm³/mol. The van der Waals surface area contributed by atoms with E-state index in [-0.39, 0.29) is 30.2 Å². The first-order valence-corrected chi connectivity index (χ1v) is 14.1. The van der Waals surface area contributed by atoms with Gasteiger partial charge in [0.05, 0.1) is 12.2 Å². The maximum absolute atomic E-state index is 14.3. The molecule has 2 aliphatic heterocycles. The summed E-state index contributed by atoms with van der Waals surface area (Å²) in [5.74, 6) is -2.23.